The van der Waals surface area contributed by atoms with E-state index in [0.717, 1.165) is 13.0 Å². The fraction of sp³-hybridized carbons (Fsp3) is 0.750. The van der Waals surface area contributed by atoms with E-state index in [1.807, 2.05) is 0 Å². The van der Waals surface area contributed by atoms with Crippen molar-refractivity contribution in [1.29, 1.82) is 0 Å². The van der Waals surface area contributed by atoms with Crippen molar-refractivity contribution < 1.29 is 0 Å². The van der Waals surface area contributed by atoms with Crippen LogP contribution in [0.15, 0.2) is 12.2 Å². The molecule has 0 aliphatic carbocycles. The molecule has 1 nitrogen and oxygen atoms in total. The topological polar surface area (TPSA) is 3.24 Å². The summed E-state index contributed by atoms with van der Waals surface area (Å²) in [6.45, 7) is 3.32. The van der Waals surface area contributed by atoms with Crippen LogP contribution in [-0.2, 0) is 0 Å². The van der Waals surface area contributed by atoms with E-state index in [1.54, 1.807) is 0 Å². The Labute approximate surface area is 58.4 Å². The van der Waals surface area contributed by atoms with Crippen LogP contribution in [0.2, 0.25) is 0 Å². The molecule has 0 amide bonds. The Morgan fingerprint density at radius 2 is 1.89 bits per heavy atom. The van der Waals surface area contributed by atoms with Crippen LogP contribution in [-0.4, -0.2) is 25.5 Å². The van der Waals surface area contributed by atoms with Crippen molar-refractivity contribution in [3.8, 4) is 0 Å². The highest BCUT2D eigenvalue weighted by Crippen LogP contribution is 1.87. The Kier molecular flexibility index (Phi) is 5.64. The lowest BCUT2D eigenvalue weighted by atomic mass is 10.3. The van der Waals surface area contributed by atoms with E-state index in [2.05, 4.69) is 38.1 Å². The normalized spacial score (nSPS) is 11.6. The van der Waals surface area contributed by atoms with Gasteiger partial charge in [0.1, 0.15) is 0 Å². The van der Waals surface area contributed by atoms with Gasteiger partial charge in [0, 0.05) is 6.54 Å². The number of hydrogen-bond donors (Lipinski definition) is 0. The van der Waals surface area contributed by atoms with Crippen molar-refractivity contribution in [3.63, 3.8) is 0 Å². The summed E-state index contributed by atoms with van der Waals surface area (Å²) in [4.78, 5) is 2.19. The lowest BCUT2D eigenvalue weighted by molar-refractivity contribution is 0.417. The summed E-state index contributed by atoms with van der Waals surface area (Å²) >= 11 is 0. The van der Waals surface area contributed by atoms with Crippen LogP contribution in [0.25, 0.3) is 0 Å². The molecule has 0 saturated carbocycles. The molecule has 0 heterocycles. The van der Waals surface area contributed by atoms with Gasteiger partial charge in [0.25, 0.3) is 0 Å². The van der Waals surface area contributed by atoms with Crippen LogP contribution in [0.1, 0.15) is 19.8 Å². The van der Waals surface area contributed by atoms with Crippen molar-refractivity contribution >= 4 is 0 Å². The number of allylic oxidation sites excluding steroid dienone is 1. The molecule has 0 saturated heterocycles. The second-order valence-electron chi connectivity index (χ2n) is 2.47. The first kappa shape index (κ1) is 8.70. The summed E-state index contributed by atoms with van der Waals surface area (Å²) in [6.07, 6.45) is 6.79. The molecule has 0 N–H and O–H groups in total. The Balaban J connectivity index is 2.99. The van der Waals surface area contributed by atoms with Gasteiger partial charge in [0.05, 0.1) is 0 Å². The third-order valence-electron chi connectivity index (χ3n) is 1.15. The first-order valence-electron chi connectivity index (χ1n) is 3.57. The Hall–Kier alpha value is -0.300. The number of hydrogen-bond acceptors (Lipinski definition) is 1. The van der Waals surface area contributed by atoms with Crippen LogP contribution < -0.4 is 0 Å². The highest BCUT2D eigenvalue weighted by atomic mass is 15.0. The van der Waals surface area contributed by atoms with Crippen molar-refractivity contribution in [2.75, 3.05) is 20.6 Å². The summed E-state index contributed by atoms with van der Waals surface area (Å²) in [5.74, 6) is 0. The fourth-order valence-electron chi connectivity index (χ4n) is 0.617. The van der Waals surface area contributed by atoms with Gasteiger partial charge >= 0.3 is 0 Å². The molecule has 1 heteroatoms. The van der Waals surface area contributed by atoms with Crippen LogP contribution in [0.3, 0.4) is 0 Å². The van der Waals surface area contributed by atoms with Gasteiger partial charge in [-0.05, 0) is 26.9 Å². The first-order valence-corrected chi connectivity index (χ1v) is 3.57. The van der Waals surface area contributed by atoms with Gasteiger partial charge < -0.3 is 4.90 Å². The van der Waals surface area contributed by atoms with Gasteiger partial charge in [-0.15, -0.1) is 0 Å². The molecule has 0 aliphatic rings. The molecule has 9 heavy (non-hydrogen) atoms. The minimum atomic E-state index is 1.16. The minimum Gasteiger partial charge on any atom is -0.309 e. The second kappa shape index (κ2) is 5.83. The highest BCUT2D eigenvalue weighted by molar-refractivity contribution is 4.80. The van der Waals surface area contributed by atoms with Gasteiger partial charge in [-0.1, -0.05) is 19.1 Å². The molecule has 0 spiro atoms. The molecule has 0 atom stereocenters. The zero-order valence-corrected chi connectivity index (χ0v) is 6.72. The van der Waals surface area contributed by atoms with E-state index in [0.29, 0.717) is 0 Å². The molecule has 54 valence electrons. The lowest BCUT2D eigenvalue weighted by Crippen LogP contribution is -2.11. The van der Waals surface area contributed by atoms with Gasteiger partial charge in [0.2, 0.25) is 0 Å². The second-order valence-corrected chi connectivity index (χ2v) is 2.47. The summed E-state index contributed by atoms with van der Waals surface area (Å²) in [5, 5.41) is 0. The first-order chi connectivity index (χ1) is 4.27. The lowest BCUT2D eigenvalue weighted by Gasteiger charge is -2.05. The van der Waals surface area contributed by atoms with Gasteiger partial charge in [0.15, 0.2) is 0 Å². The summed E-state index contributed by atoms with van der Waals surface area (Å²) in [7, 11) is 4.19. The maximum atomic E-state index is 2.24. The van der Waals surface area contributed by atoms with E-state index in [9.17, 15) is 0 Å². The van der Waals surface area contributed by atoms with Crippen LogP contribution in [0.4, 0.5) is 0 Å². The third kappa shape index (κ3) is 7.70. The average Bonchev–Trinajstić information content (AvgIpc) is 1.80. The van der Waals surface area contributed by atoms with Crippen LogP contribution in [0, 0.1) is 0 Å². The SMILES string of the molecule is CCC=CCCN(C)C. The molecule has 0 radical (unpaired) electrons. The molecule has 0 bridgehead atoms. The van der Waals surface area contributed by atoms with Crippen LogP contribution >= 0.6 is 0 Å². The van der Waals surface area contributed by atoms with Crippen molar-refractivity contribution in [3.05, 3.63) is 12.2 Å². The molecule has 0 aromatic heterocycles. The average molecular weight is 127 g/mol. The predicted octanol–water partition coefficient (Wildman–Crippen LogP) is 1.90. The van der Waals surface area contributed by atoms with Gasteiger partial charge in [-0.2, -0.15) is 0 Å². The Morgan fingerprint density at radius 1 is 1.22 bits per heavy atom. The maximum Gasteiger partial charge on any atom is 0.000980 e. The molecule has 0 aromatic carbocycles. The van der Waals surface area contributed by atoms with E-state index in [-0.39, 0.29) is 0 Å². The molecule has 0 aliphatic heterocycles. The Bertz CT molecular complexity index is 74.6. The largest absolute Gasteiger partial charge is 0.309 e. The molecular formula is C8H17N. The molecule has 0 aromatic rings. The standard InChI is InChI=1S/C8H17N/c1-4-5-6-7-8-9(2)3/h5-6H,4,7-8H2,1-3H3. The number of nitrogens with zero attached hydrogens (tertiary/aromatic N) is 1. The quantitative estimate of drug-likeness (QED) is 0.521. The fourth-order valence-corrected chi connectivity index (χ4v) is 0.617. The monoisotopic (exact) mass is 127 g/mol. The van der Waals surface area contributed by atoms with E-state index < -0.39 is 0 Å². The summed E-state index contributed by atoms with van der Waals surface area (Å²) in [6, 6.07) is 0. The van der Waals surface area contributed by atoms with Crippen molar-refractivity contribution in [2.24, 2.45) is 0 Å². The van der Waals surface area contributed by atoms with E-state index in [1.165, 1.54) is 6.42 Å². The molecular weight excluding hydrogens is 110 g/mol. The smallest absolute Gasteiger partial charge is 0.000980 e. The van der Waals surface area contributed by atoms with E-state index in [4.69, 9.17) is 0 Å². The predicted molar refractivity (Wildman–Crippen MR) is 42.6 cm³/mol. The third-order valence-corrected chi connectivity index (χ3v) is 1.15. The maximum absolute atomic E-state index is 2.24. The van der Waals surface area contributed by atoms with Gasteiger partial charge in [-0.3, -0.25) is 0 Å². The summed E-state index contributed by atoms with van der Waals surface area (Å²) < 4.78 is 0. The Morgan fingerprint density at radius 3 is 2.33 bits per heavy atom. The van der Waals surface area contributed by atoms with E-state index >= 15 is 0 Å². The molecule has 0 rings (SSSR count). The molecule has 0 fully saturated rings. The minimum absolute atomic E-state index is 1.16. The van der Waals surface area contributed by atoms with Gasteiger partial charge in [-0.25, -0.2) is 0 Å². The van der Waals surface area contributed by atoms with Crippen molar-refractivity contribution in [2.45, 2.75) is 19.8 Å². The zero-order chi connectivity index (χ0) is 7.11. The molecule has 0 unspecified atom stereocenters. The highest BCUT2D eigenvalue weighted by Gasteiger charge is 1.83. The zero-order valence-electron chi connectivity index (χ0n) is 6.72. The van der Waals surface area contributed by atoms with Crippen LogP contribution in [0.5, 0.6) is 0 Å². The summed E-state index contributed by atoms with van der Waals surface area (Å²) in [5.41, 5.74) is 0. The number of rotatable bonds is 4. The van der Waals surface area contributed by atoms with Crippen molar-refractivity contribution in [1.82, 2.24) is 4.90 Å².